The van der Waals surface area contributed by atoms with Crippen LogP contribution >= 0.6 is 7.60 Å². The van der Waals surface area contributed by atoms with E-state index in [0.29, 0.717) is 5.76 Å². The first-order chi connectivity index (χ1) is 9.60. The second-order valence-electron chi connectivity index (χ2n) is 4.10. The van der Waals surface area contributed by atoms with E-state index < -0.39 is 25.3 Å². The van der Waals surface area contributed by atoms with E-state index in [-0.39, 0.29) is 13.2 Å². The predicted octanol–water partition coefficient (Wildman–Crippen LogP) is 3.07. The minimum absolute atomic E-state index is 0.221. The fourth-order valence-corrected chi connectivity index (χ4v) is 4.17. The third-order valence-electron chi connectivity index (χ3n) is 2.78. The molecule has 2 rings (SSSR count). The average Bonchev–Trinajstić information content (AvgIpc) is 3.03. The van der Waals surface area contributed by atoms with Gasteiger partial charge in [-0.25, -0.2) is 4.79 Å². The molecule has 1 aromatic rings. The zero-order valence-electron chi connectivity index (χ0n) is 11.4. The van der Waals surface area contributed by atoms with Crippen molar-refractivity contribution in [2.24, 2.45) is 0 Å². The molecule has 1 aromatic heterocycles. The predicted molar refractivity (Wildman–Crippen MR) is 71.3 cm³/mol. The van der Waals surface area contributed by atoms with E-state index in [0.717, 1.165) is 0 Å². The standard InChI is InChI=1S/C13H17O6P/c1-3-17-20(15,18-4-2)13(10-6-5-9-16-10)11-7-8-12(14)19-11/h5-9,11,13H,3-4H2,1-2H3/t11?,13-/m0/s1. The lowest BCUT2D eigenvalue weighted by Crippen LogP contribution is -2.21. The molecule has 110 valence electrons. The SMILES string of the molecule is CCOP(=O)(OCC)[C@@H](c1ccco1)C1C=CC(=O)O1. The van der Waals surface area contributed by atoms with Crippen molar-refractivity contribution < 1.29 is 27.6 Å². The summed E-state index contributed by atoms with van der Waals surface area (Å²) >= 11 is 0. The Kier molecular flexibility index (Phi) is 4.81. The van der Waals surface area contributed by atoms with Crippen molar-refractivity contribution in [3.05, 3.63) is 36.3 Å². The fraction of sp³-hybridized carbons (Fsp3) is 0.462. The number of ether oxygens (including phenoxy) is 1. The number of hydrogen-bond donors (Lipinski definition) is 0. The normalized spacial score (nSPS) is 20.1. The molecule has 1 aliphatic heterocycles. The molecule has 2 heterocycles. The minimum atomic E-state index is -3.52. The molecule has 0 fully saturated rings. The maximum atomic E-state index is 13.0. The van der Waals surface area contributed by atoms with E-state index in [1.807, 2.05) is 0 Å². The van der Waals surface area contributed by atoms with E-state index in [4.69, 9.17) is 18.2 Å². The molecule has 0 amide bonds. The van der Waals surface area contributed by atoms with Crippen LogP contribution in [0.4, 0.5) is 0 Å². The van der Waals surface area contributed by atoms with Crippen LogP contribution in [0.25, 0.3) is 0 Å². The molecule has 0 saturated carbocycles. The summed E-state index contributed by atoms with van der Waals surface area (Å²) in [6.45, 7) is 3.89. The molecule has 0 spiro atoms. The van der Waals surface area contributed by atoms with E-state index in [2.05, 4.69) is 0 Å². The molecule has 0 bridgehead atoms. The number of rotatable bonds is 7. The molecule has 0 N–H and O–H groups in total. The first-order valence-corrected chi connectivity index (χ1v) is 8.03. The zero-order chi connectivity index (χ0) is 14.6. The molecule has 6 nitrogen and oxygen atoms in total. The summed E-state index contributed by atoms with van der Waals surface area (Å²) in [6.07, 6.45) is 3.58. The maximum Gasteiger partial charge on any atom is 0.345 e. The number of furan rings is 1. The van der Waals surface area contributed by atoms with Crippen LogP contribution in [0.5, 0.6) is 0 Å². The van der Waals surface area contributed by atoms with Gasteiger partial charge in [-0.3, -0.25) is 4.57 Å². The number of cyclic esters (lactones) is 1. The highest BCUT2D eigenvalue weighted by Gasteiger charge is 2.46. The highest BCUT2D eigenvalue weighted by Crippen LogP contribution is 2.63. The third kappa shape index (κ3) is 3.03. The van der Waals surface area contributed by atoms with Crippen LogP contribution in [0.2, 0.25) is 0 Å². The molecule has 7 heteroatoms. The lowest BCUT2D eigenvalue weighted by Gasteiger charge is -2.27. The van der Waals surface area contributed by atoms with Crippen LogP contribution < -0.4 is 0 Å². The molecule has 0 aliphatic carbocycles. The van der Waals surface area contributed by atoms with Crippen LogP contribution in [0.15, 0.2) is 35.0 Å². The molecule has 1 aliphatic rings. The van der Waals surface area contributed by atoms with Gasteiger partial charge in [0, 0.05) is 6.08 Å². The van der Waals surface area contributed by atoms with Gasteiger partial charge in [0.25, 0.3) is 0 Å². The summed E-state index contributed by atoms with van der Waals surface area (Å²) in [7, 11) is -3.52. The second kappa shape index (κ2) is 6.39. The summed E-state index contributed by atoms with van der Waals surface area (Å²) in [4.78, 5) is 11.3. The number of carbonyl (C=O) groups is 1. The monoisotopic (exact) mass is 300 g/mol. The molecule has 2 atom stereocenters. The van der Waals surface area contributed by atoms with Crippen LogP contribution in [-0.2, 0) is 23.1 Å². The van der Waals surface area contributed by atoms with E-state index in [9.17, 15) is 9.36 Å². The molecule has 0 aromatic carbocycles. The second-order valence-corrected chi connectivity index (χ2v) is 6.25. The Balaban J connectivity index is 2.37. The van der Waals surface area contributed by atoms with Gasteiger partial charge in [-0.15, -0.1) is 0 Å². The van der Waals surface area contributed by atoms with Gasteiger partial charge in [0.2, 0.25) is 0 Å². The fourth-order valence-electron chi connectivity index (χ4n) is 2.07. The smallest absolute Gasteiger partial charge is 0.345 e. The van der Waals surface area contributed by atoms with E-state index in [1.54, 1.807) is 32.1 Å². The summed E-state index contributed by atoms with van der Waals surface area (Å²) in [6, 6.07) is 3.33. The van der Waals surface area contributed by atoms with Crippen molar-refractivity contribution in [3.8, 4) is 0 Å². The Bertz CT molecular complexity index is 511. The molecule has 20 heavy (non-hydrogen) atoms. The molecule has 1 unspecified atom stereocenters. The molecular formula is C13H17O6P. The van der Waals surface area contributed by atoms with Crippen molar-refractivity contribution >= 4 is 13.6 Å². The summed E-state index contributed by atoms with van der Waals surface area (Å²) in [5.41, 5.74) is -0.805. The van der Waals surface area contributed by atoms with E-state index >= 15 is 0 Å². The quantitative estimate of drug-likeness (QED) is 0.569. The third-order valence-corrected chi connectivity index (χ3v) is 5.24. The highest BCUT2D eigenvalue weighted by molar-refractivity contribution is 7.54. The van der Waals surface area contributed by atoms with Gasteiger partial charge in [-0.2, -0.15) is 0 Å². The summed E-state index contributed by atoms with van der Waals surface area (Å²) in [5, 5.41) is 0. The van der Waals surface area contributed by atoms with Crippen LogP contribution in [0.3, 0.4) is 0 Å². The Morgan fingerprint density at radius 1 is 1.35 bits per heavy atom. The highest BCUT2D eigenvalue weighted by atomic mass is 31.2. The number of esters is 1. The van der Waals surface area contributed by atoms with Crippen molar-refractivity contribution in [2.75, 3.05) is 13.2 Å². The maximum absolute atomic E-state index is 13.0. The molecule has 0 saturated heterocycles. The van der Waals surface area contributed by atoms with E-state index in [1.165, 1.54) is 12.3 Å². The molecule has 0 radical (unpaired) electrons. The van der Waals surface area contributed by atoms with Crippen molar-refractivity contribution in [2.45, 2.75) is 25.6 Å². The van der Waals surface area contributed by atoms with Gasteiger partial charge in [0.1, 0.15) is 11.9 Å². The van der Waals surface area contributed by atoms with Crippen molar-refractivity contribution in [1.29, 1.82) is 0 Å². The van der Waals surface area contributed by atoms with Gasteiger partial charge in [-0.1, -0.05) is 0 Å². The van der Waals surface area contributed by atoms with Gasteiger partial charge in [0.05, 0.1) is 19.5 Å². The van der Waals surface area contributed by atoms with Crippen molar-refractivity contribution in [3.63, 3.8) is 0 Å². The first-order valence-electron chi connectivity index (χ1n) is 6.41. The summed E-state index contributed by atoms with van der Waals surface area (Å²) < 4.78 is 34.1. The van der Waals surface area contributed by atoms with Crippen molar-refractivity contribution in [1.82, 2.24) is 0 Å². The van der Waals surface area contributed by atoms with Gasteiger partial charge in [0.15, 0.2) is 5.66 Å². The Morgan fingerprint density at radius 2 is 2.05 bits per heavy atom. The van der Waals surface area contributed by atoms with Crippen LogP contribution in [0, 0.1) is 0 Å². The summed E-state index contributed by atoms with van der Waals surface area (Å²) in [5.74, 6) is -0.0781. The van der Waals surface area contributed by atoms with Crippen LogP contribution in [0.1, 0.15) is 25.3 Å². The zero-order valence-corrected chi connectivity index (χ0v) is 12.2. The largest absolute Gasteiger partial charge is 0.468 e. The van der Waals surface area contributed by atoms with Gasteiger partial charge >= 0.3 is 13.6 Å². The Labute approximate surface area is 117 Å². The number of carbonyl (C=O) groups excluding carboxylic acids is 1. The van der Waals surface area contributed by atoms with Gasteiger partial charge < -0.3 is 18.2 Å². The first kappa shape index (κ1) is 15.0. The lowest BCUT2D eigenvalue weighted by atomic mass is 10.2. The average molecular weight is 300 g/mol. The minimum Gasteiger partial charge on any atom is -0.468 e. The number of hydrogen-bond acceptors (Lipinski definition) is 6. The van der Waals surface area contributed by atoms with Gasteiger partial charge in [-0.05, 0) is 32.1 Å². The topological polar surface area (TPSA) is 75.0 Å². The molecular weight excluding hydrogens is 283 g/mol. The Hall–Kier alpha value is -1.36. The van der Waals surface area contributed by atoms with Crippen LogP contribution in [-0.4, -0.2) is 25.3 Å². The lowest BCUT2D eigenvalue weighted by molar-refractivity contribution is -0.138. The Morgan fingerprint density at radius 3 is 2.50 bits per heavy atom.